The van der Waals surface area contributed by atoms with Crippen LogP contribution in [-0.2, 0) is 16.4 Å². The maximum Gasteiger partial charge on any atom is 0.243 e. The summed E-state index contributed by atoms with van der Waals surface area (Å²) in [6, 6.07) is 7.83. The average molecular weight is 335 g/mol. The zero-order chi connectivity index (χ0) is 16.2. The summed E-state index contributed by atoms with van der Waals surface area (Å²) in [5.74, 6) is 0. The molecule has 0 unspecified atom stereocenters. The topological polar surface area (TPSA) is 74.1 Å². The minimum absolute atomic E-state index is 0.152. The first kappa shape index (κ1) is 16.6. The molecule has 0 radical (unpaired) electrons. The average Bonchev–Trinajstić information content (AvgIpc) is 3.00. The Morgan fingerprint density at radius 1 is 1.32 bits per heavy atom. The molecule has 0 aliphatic heterocycles. The molecule has 2 rings (SSSR count). The highest BCUT2D eigenvalue weighted by molar-refractivity contribution is 7.89. The van der Waals surface area contributed by atoms with Crippen molar-refractivity contribution in [1.29, 1.82) is 5.26 Å². The lowest BCUT2D eigenvalue weighted by molar-refractivity contribution is 0.357. The summed E-state index contributed by atoms with van der Waals surface area (Å²) in [4.78, 5) is 4.39. The van der Waals surface area contributed by atoms with Crippen LogP contribution in [0.5, 0.6) is 0 Å². The predicted molar refractivity (Wildman–Crippen MR) is 86.0 cm³/mol. The molecule has 0 aliphatic carbocycles. The number of hydrogen-bond acceptors (Lipinski definition) is 5. The summed E-state index contributed by atoms with van der Waals surface area (Å²) in [7, 11) is -3.58. The number of rotatable bonds is 6. The van der Waals surface area contributed by atoms with Gasteiger partial charge in [-0.25, -0.2) is 13.4 Å². The number of sulfonamides is 1. The highest BCUT2D eigenvalue weighted by Crippen LogP contribution is 2.19. The number of aromatic nitrogens is 1. The fraction of sp³-hybridized carbons (Fsp3) is 0.333. The number of nitriles is 1. The lowest BCUT2D eigenvalue weighted by Gasteiger charge is -2.25. The lowest BCUT2D eigenvalue weighted by Crippen LogP contribution is -2.38. The molecule has 0 amide bonds. The molecule has 0 atom stereocenters. The standard InChI is InChI=1S/C15H17N3O2S2/c1-12(2)18(9-7-15-17-8-10-21-15)22(19,20)14-5-3-13(11-16)4-6-14/h3-6,8,10,12H,7,9H2,1-2H3. The third kappa shape index (κ3) is 3.71. The minimum Gasteiger partial charge on any atom is -0.250 e. The van der Waals surface area contributed by atoms with Crippen molar-refractivity contribution in [3.63, 3.8) is 0 Å². The van der Waals surface area contributed by atoms with E-state index in [-0.39, 0.29) is 10.9 Å². The fourth-order valence-electron chi connectivity index (χ4n) is 2.08. The van der Waals surface area contributed by atoms with Crippen LogP contribution in [-0.4, -0.2) is 30.3 Å². The van der Waals surface area contributed by atoms with Gasteiger partial charge in [-0.3, -0.25) is 0 Å². The Kier molecular flexibility index (Phi) is 5.29. The number of benzene rings is 1. The van der Waals surface area contributed by atoms with E-state index in [2.05, 4.69) is 4.98 Å². The quantitative estimate of drug-likeness (QED) is 0.813. The maximum absolute atomic E-state index is 12.8. The molecule has 5 nitrogen and oxygen atoms in total. The van der Waals surface area contributed by atoms with Gasteiger partial charge in [0.2, 0.25) is 10.0 Å². The first-order valence-corrected chi connectivity index (χ1v) is 9.17. The van der Waals surface area contributed by atoms with E-state index in [9.17, 15) is 8.42 Å². The molecule has 0 bridgehead atoms. The van der Waals surface area contributed by atoms with Crippen LogP contribution in [0.4, 0.5) is 0 Å². The van der Waals surface area contributed by atoms with E-state index in [4.69, 9.17) is 5.26 Å². The van der Waals surface area contributed by atoms with Gasteiger partial charge in [0, 0.05) is 30.6 Å². The molecule has 0 saturated carbocycles. The van der Waals surface area contributed by atoms with Crippen molar-refractivity contribution in [3.8, 4) is 6.07 Å². The van der Waals surface area contributed by atoms with Crippen LogP contribution in [0.2, 0.25) is 0 Å². The van der Waals surface area contributed by atoms with Gasteiger partial charge in [-0.15, -0.1) is 11.3 Å². The molecule has 0 spiro atoms. The number of nitrogens with zero attached hydrogens (tertiary/aromatic N) is 3. The molecule has 0 N–H and O–H groups in total. The van der Waals surface area contributed by atoms with E-state index in [0.29, 0.717) is 18.5 Å². The monoisotopic (exact) mass is 335 g/mol. The third-order valence-electron chi connectivity index (χ3n) is 3.20. The molecule has 0 aliphatic rings. The Morgan fingerprint density at radius 2 is 2.00 bits per heavy atom. The van der Waals surface area contributed by atoms with E-state index >= 15 is 0 Å². The van der Waals surface area contributed by atoms with Crippen molar-refractivity contribution >= 4 is 21.4 Å². The SMILES string of the molecule is CC(C)N(CCc1nccs1)S(=O)(=O)c1ccc(C#N)cc1. The molecule has 1 aromatic carbocycles. The zero-order valence-electron chi connectivity index (χ0n) is 12.4. The summed E-state index contributed by atoms with van der Waals surface area (Å²) in [6.45, 7) is 4.08. The van der Waals surface area contributed by atoms with Gasteiger partial charge in [0.05, 0.1) is 21.5 Å². The predicted octanol–water partition coefficient (Wildman–Crippen LogP) is 2.66. The van der Waals surface area contributed by atoms with Gasteiger partial charge < -0.3 is 0 Å². The second-order valence-electron chi connectivity index (χ2n) is 5.02. The first-order valence-electron chi connectivity index (χ1n) is 6.85. The van der Waals surface area contributed by atoms with Crippen LogP contribution in [0.3, 0.4) is 0 Å². The van der Waals surface area contributed by atoms with Crippen LogP contribution >= 0.6 is 11.3 Å². The van der Waals surface area contributed by atoms with Crippen LogP contribution in [0.25, 0.3) is 0 Å². The minimum atomic E-state index is -3.58. The molecule has 1 aromatic heterocycles. The van der Waals surface area contributed by atoms with E-state index in [1.54, 1.807) is 6.20 Å². The number of thiazole rings is 1. The molecular weight excluding hydrogens is 318 g/mol. The molecule has 1 heterocycles. The molecule has 22 heavy (non-hydrogen) atoms. The summed E-state index contributed by atoms with van der Waals surface area (Å²) >= 11 is 1.52. The summed E-state index contributed by atoms with van der Waals surface area (Å²) < 4.78 is 27.0. The van der Waals surface area contributed by atoms with Gasteiger partial charge >= 0.3 is 0 Å². The van der Waals surface area contributed by atoms with Gasteiger partial charge in [0.1, 0.15) is 0 Å². The van der Waals surface area contributed by atoms with E-state index < -0.39 is 10.0 Å². The van der Waals surface area contributed by atoms with Crippen molar-refractivity contribution in [2.75, 3.05) is 6.54 Å². The van der Waals surface area contributed by atoms with Crippen LogP contribution in [0.15, 0.2) is 40.7 Å². The van der Waals surface area contributed by atoms with Crippen molar-refractivity contribution in [2.24, 2.45) is 0 Å². The molecule has 7 heteroatoms. The Bertz CT molecular complexity index is 745. The van der Waals surface area contributed by atoms with Crippen molar-refractivity contribution in [1.82, 2.24) is 9.29 Å². The molecule has 2 aromatic rings. The highest BCUT2D eigenvalue weighted by Gasteiger charge is 2.26. The van der Waals surface area contributed by atoms with Crippen LogP contribution in [0, 0.1) is 11.3 Å². The smallest absolute Gasteiger partial charge is 0.243 e. The summed E-state index contributed by atoms with van der Waals surface area (Å²) in [6.07, 6.45) is 2.31. The molecule has 0 fully saturated rings. The van der Waals surface area contributed by atoms with Gasteiger partial charge in [0.15, 0.2) is 0 Å². The van der Waals surface area contributed by atoms with E-state index in [0.717, 1.165) is 5.01 Å². The number of hydrogen-bond donors (Lipinski definition) is 0. The molecular formula is C15H17N3O2S2. The van der Waals surface area contributed by atoms with Crippen molar-refractivity contribution < 1.29 is 8.42 Å². The second-order valence-corrected chi connectivity index (χ2v) is 7.89. The van der Waals surface area contributed by atoms with Crippen molar-refractivity contribution in [2.45, 2.75) is 31.2 Å². The van der Waals surface area contributed by atoms with Crippen molar-refractivity contribution in [3.05, 3.63) is 46.4 Å². The Labute approximate surface area is 134 Å². The third-order valence-corrected chi connectivity index (χ3v) is 6.12. The van der Waals surface area contributed by atoms with Crippen LogP contribution in [0.1, 0.15) is 24.4 Å². The normalized spacial score (nSPS) is 11.8. The summed E-state index contributed by atoms with van der Waals surface area (Å²) in [5, 5.41) is 11.6. The second kappa shape index (κ2) is 7.01. The highest BCUT2D eigenvalue weighted by atomic mass is 32.2. The first-order chi connectivity index (χ1) is 10.4. The van der Waals surface area contributed by atoms with E-state index in [1.807, 2.05) is 25.3 Å². The summed E-state index contributed by atoms with van der Waals surface area (Å²) in [5.41, 5.74) is 0.442. The van der Waals surface area contributed by atoms with Gasteiger partial charge in [-0.05, 0) is 38.1 Å². The zero-order valence-corrected chi connectivity index (χ0v) is 14.1. The fourth-order valence-corrected chi connectivity index (χ4v) is 4.32. The molecule has 0 saturated heterocycles. The Morgan fingerprint density at radius 3 is 2.50 bits per heavy atom. The molecule has 116 valence electrons. The Balaban J connectivity index is 2.23. The van der Waals surface area contributed by atoms with E-state index in [1.165, 1.54) is 39.9 Å². The van der Waals surface area contributed by atoms with Gasteiger partial charge in [-0.2, -0.15) is 9.57 Å². The van der Waals surface area contributed by atoms with Gasteiger partial charge in [0.25, 0.3) is 0 Å². The Hall–Kier alpha value is -1.75. The maximum atomic E-state index is 12.8. The van der Waals surface area contributed by atoms with Gasteiger partial charge in [-0.1, -0.05) is 0 Å². The lowest BCUT2D eigenvalue weighted by atomic mass is 10.2. The largest absolute Gasteiger partial charge is 0.250 e. The van der Waals surface area contributed by atoms with Crippen LogP contribution < -0.4 is 0 Å².